The Bertz CT molecular complexity index is 958. The van der Waals surface area contributed by atoms with E-state index in [4.69, 9.17) is 29.8 Å². The van der Waals surface area contributed by atoms with Crippen LogP contribution in [0.4, 0.5) is 5.82 Å². The fourth-order valence-corrected chi connectivity index (χ4v) is 5.53. The number of nitrogens with zero attached hydrogens (tertiary/aromatic N) is 4. The van der Waals surface area contributed by atoms with Crippen LogP contribution in [0.1, 0.15) is 50.3 Å². The molecule has 1 aliphatic carbocycles. The number of aliphatic hydroxyl groups excluding tert-OH is 1. The summed E-state index contributed by atoms with van der Waals surface area (Å²) in [6.45, 7) is 6.89. The normalized spacial score (nSPS) is 20.6. The van der Waals surface area contributed by atoms with Crippen LogP contribution in [-0.2, 0) is 21.4 Å². The lowest BCUT2D eigenvalue weighted by Crippen LogP contribution is -2.42. The number of aliphatic hydroxyl groups is 1. The number of likely N-dealkylation sites (tertiary alicyclic amines) is 1. The van der Waals surface area contributed by atoms with Crippen LogP contribution >= 0.6 is 0 Å². The van der Waals surface area contributed by atoms with Crippen molar-refractivity contribution in [1.29, 1.82) is 0 Å². The van der Waals surface area contributed by atoms with Crippen LogP contribution in [-0.4, -0.2) is 82.0 Å². The third kappa shape index (κ3) is 6.15. The molecule has 2 fully saturated rings. The second-order valence-corrected chi connectivity index (χ2v) is 9.23. The summed E-state index contributed by atoms with van der Waals surface area (Å²) in [6.07, 6.45) is 6.32. The SMILES string of the molecule is CCN1CCC2(CCc3c(N4CCCC(O)C4)nc(-c4ccccc4)nc32)CC1.O=CO.O=CO. The Hall–Kier alpha value is -3.04. The third-order valence-corrected chi connectivity index (χ3v) is 7.33. The average Bonchev–Trinajstić information content (AvgIpc) is 3.23. The number of fused-ring (bicyclic) bond motifs is 2. The quantitative estimate of drug-likeness (QED) is 0.564. The summed E-state index contributed by atoms with van der Waals surface area (Å²) in [5.74, 6) is 1.93. The predicted octanol–water partition coefficient (Wildman–Crippen LogP) is 2.81. The van der Waals surface area contributed by atoms with Crippen molar-refractivity contribution in [2.24, 2.45) is 0 Å². The molecule has 9 nitrogen and oxygen atoms in total. The summed E-state index contributed by atoms with van der Waals surface area (Å²) in [5, 5.41) is 24.1. The van der Waals surface area contributed by atoms with Crippen LogP contribution in [0, 0.1) is 0 Å². The monoisotopic (exact) mass is 484 g/mol. The maximum absolute atomic E-state index is 10.3. The van der Waals surface area contributed by atoms with Gasteiger partial charge >= 0.3 is 0 Å². The zero-order valence-electron chi connectivity index (χ0n) is 20.3. The molecule has 2 aromatic rings. The Kier molecular flexibility index (Phi) is 9.56. The summed E-state index contributed by atoms with van der Waals surface area (Å²) < 4.78 is 0. The van der Waals surface area contributed by atoms with E-state index in [0.717, 1.165) is 49.6 Å². The van der Waals surface area contributed by atoms with Crippen molar-refractivity contribution >= 4 is 18.8 Å². The van der Waals surface area contributed by atoms with E-state index in [9.17, 15) is 5.11 Å². The maximum atomic E-state index is 10.3. The van der Waals surface area contributed by atoms with Crippen LogP contribution < -0.4 is 4.90 Å². The second kappa shape index (κ2) is 12.6. The average molecular weight is 485 g/mol. The molecule has 0 radical (unpaired) electrons. The molecular formula is C26H36N4O5. The molecule has 3 aliphatic rings. The Morgan fingerprint density at radius 2 is 1.69 bits per heavy atom. The van der Waals surface area contributed by atoms with E-state index in [-0.39, 0.29) is 24.5 Å². The number of rotatable bonds is 3. The molecule has 0 amide bonds. The van der Waals surface area contributed by atoms with E-state index in [1.54, 1.807) is 0 Å². The van der Waals surface area contributed by atoms with Crippen LogP contribution in [0.25, 0.3) is 11.4 Å². The topological polar surface area (TPSA) is 127 Å². The van der Waals surface area contributed by atoms with E-state index in [2.05, 4.69) is 41.0 Å². The lowest BCUT2D eigenvalue weighted by Gasteiger charge is -2.39. The number of aromatic nitrogens is 2. The van der Waals surface area contributed by atoms with Crippen LogP contribution in [0.5, 0.6) is 0 Å². The molecule has 2 aliphatic heterocycles. The minimum absolute atomic E-state index is 0.205. The molecule has 3 heterocycles. The molecule has 1 spiro atoms. The maximum Gasteiger partial charge on any atom is 0.290 e. The van der Waals surface area contributed by atoms with Gasteiger partial charge in [0.05, 0.1) is 11.8 Å². The van der Waals surface area contributed by atoms with Gasteiger partial charge in [-0.15, -0.1) is 0 Å². The highest BCUT2D eigenvalue weighted by molar-refractivity contribution is 5.63. The molecule has 2 saturated heterocycles. The van der Waals surface area contributed by atoms with Crippen LogP contribution in [0.2, 0.25) is 0 Å². The Balaban J connectivity index is 0.000000520. The minimum atomic E-state index is -0.252. The highest BCUT2D eigenvalue weighted by Gasteiger charge is 2.44. The van der Waals surface area contributed by atoms with Crippen molar-refractivity contribution < 1.29 is 24.9 Å². The molecule has 190 valence electrons. The van der Waals surface area contributed by atoms with Gasteiger partial charge in [0.25, 0.3) is 12.9 Å². The van der Waals surface area contributed by atoms with E-state index in [1.165, 1.54) is 43.6 Å². The fraction of sp³-hybridized carbons (Fsp3) is 0.538. The largest absolute Gasteiger partial charge is 0.483 e. The zero-order valence-corrected chi connectivity index (χ0v) is 20.3. The molecule has 35 heavy (non-hydrogen) atoms. The van der Waals surface area contributed by atoms with Gasteiger partial charge < -0.3 is 25.1 Å². The zero-order chi connectivity index (χ0) is 25.3. The van der Waals surface area contributed by atoms with E-state index >= 15 is 0 Å². The lowest BCUT2D eigenvalue weighted by molar-refractivity contribution is -0.123. The molecular weight excluding hydrogens is 448 g/mol. The predicted molar refractivity (Wildman–Crippen MR) is 134 cm³/mol. The first-order chi connectivity index (χ1) is 17.0. The molecule has 1 aromatic carbocycles. The molecule has 1 unspecified atom stereocenters. The Morgan fingerprint density at radius 1 is 1.03 bits per heavy atom. The van der Waals surface area contributed by atoms with E-state index in [0.29, 0.717) is 6.54 Å². The van der Waals surface area contributed by atoms with Gasteiger partial charge in [-0.1, -0.05) is 37.3 Å². The summed E-state index contributed by atoms with van der Waals surface area (Å²) in [5.41, 5.74) is 3.94. The van der Waals surface area contributed by atoms with E-state index in [1.807, 2.05) is 6.07 Å². The smallest absolute Gasteiger partial charge is 0.290 e. The Morgan fingerprint density at radius 3 is 2.29 bits per heavy atom. The summed E-state index contributed by atoms with van der Waals surface area (Å²) in [4.78, 5) is 31.9. The van der Waals surface area contributed by atoms with Gasteiger partial charge in [0.1, 0.15) is 5.82 Å². The van der Waals surface area contributed by atoms with Crippen molar-refractivity contribution in [3.63, 3.8) is 0 Å². The number of benzene rings is 1. The van der Waals surface area contributed by atoms with Crippen molar-refractivity contribution in [2.45, 2.75) is 57.0 Å². The van der Waals surface area contributed by atoms with Gasteiger partial charge in [-0.2, -0.15) is 0 Å². The summed E-state index contributed by atoms with van der Waals surface area (Å²) in [6, 6.07) is 10.4. The van der Waals surface area contributed by atoms with Crippen molar-refractivity contribution in [2.75, 3.05) is 37.6 Å². The van der Waals surface area contributed by atoms with Gasteiger partial charge in [-0.05, 0) is 58.2 Å². The number of anilines is 1. The first-order valence-corrected chi connectivity index (χ1v) is 12.3. The lowest BCUT2D eigenvalue weighted by atomic mass is 9.76. The number of hydrogen-bond donors (Lipinski definition) is 3. The van der Waals surface area contributed by atoms with Gasteiger partial charge in [-0.3, -0.25) is 9.59 Å². The number of carboxylic acid groups (broad SMARTS) is 2. The first kappa shape index (κ1) is 26.6. The number of carbonyl (C=O) groups is 2. The highest BCUT2D eigenvalue weighted by atomic mass is 16.3. The second-order valence-electron chi connectivity index (χ2n) is 9.23. The van der Waals surface area contributed by atoms with Crippen molar-refractivity contribution in [3.05, 3.63) is 41.6 Å². The number of hydrogen-bond acceptors (Lipinski definition) is 7. The van der Waals surface area contributed by atoms with Gasteiger partial charge in [0.15, 0.2) is 5.82 Å². The molecule has 0 saturated carbocycles. The first-order valence-electron chi connectivity index (χ1n) is 12.3. The molecule has 1 atom stereocenters. The third-order valence-electron chi connectivity index (χ3n) is 7.33. The standard InChI is InChI=1S/C24H32N4O.2CH2O2/c1-2-27-15-12-24(13-16-27)11-10-20-21(24)25-22(18-7-4-3-5-8-18)26-23(20)28-14-6-9-19(29)17-28;2*2-1-3/h3-5,7-8,19,29H,2,6,9-17H2,1H3;2*1H,(H,2,3). The Labute approximate surface area is 206 Å². The molecule has 1 aromatic heterocycles. The van der Waals surface area contributed by atoms with Crippen LogP contribution in [0.3, 0.4) is 0 Å². The van der Waals surface area contributed by atoms with Crippen LogP contribution in [0.15, 0.2) is 30.3 Å². The molecule has 9 heteroatoms. The van der Waals surface area contributed by atoms with Gasteiger partial charge in [0.2, 0.25) is 0 Å². The minimum Gasteiger partial charge on any atom is -0.483 e. The van der Waals surface area contributed by atoms with Crippen molar-refractivity contribution in [3.8, 4) is 11.4 Å². The number of piperidine rings is 2. The van der Waals surface area contributed by atoms with Gasteiger partial charge in [-0.25, -0.2) is 9.97 Å². The van der Waals surface area contributed by atoms with Crippen molar-refractivity contribution in [1.82, 2.24) is 14.9 Å². The molecule has 0 bridgehead atoms. The highest BCUT2D eigenvalue weighted by Crippen LogP contribution is 2.48. The molecule has 5 rings (SSSR count). The summed E-state index contributed by atoms with van der Waals surface area (Å²) in [7, 11) is 0. The number of β-amino-alcohol motifs (C(OH)–C–C–N with tert-alkyl or cyclic N) is 1. The summed E-state index contributed by atoms with van der Waals surface area (Å²) >= 11 is 0. The van der Waals surface area contributed by atoms with E-state index < -0.39 is 0 Å². The fourth-order valence-electron chi connectivity index (χ4n) is 5.53. The van der Waals surface area contributed by atoms with Gasteiger partial charge in [0, 0.05) is 29.6 Å². The molecule has 3 N–H and O–H groups in total.